The van der Waals surface area contributed by atoms with Crippen LogP contribution < -0.4 is 16.6 Å². The number of nitrogens with two attached hydrogens (primary N) is 1. The van der Waals surface area contributed by atoms with Gasteiger partial charge in [0.2, 0.25) is 11.8 Å². The number of primary amides is 1. The predicted molar refractivity (Wildman–Crippen MR) is 112 cm³/mol. The number of fused-ring (bicyclic) bond motifs is 1. The molecule has 0 bridgehead atoms. The first-order chi connectivity index (χ1) is 15.0. The zero-order valence-electron chi connectivity index (χ0n) is 16.3. The zero-order chi connectivity index (χ0) is 23.6. The van der Waals surface area contributed by atoms with Gasteiger partial charge in [0.25, 0.3) is 5.56 Å². The van der Waals surface area contributed by atoms with Gasteiger partial charge in [-0.3, -0.25) is 14.4 Å². The smallest absolute Gasteiger partial charge is 0.394 e. The van der Waals surface area contributed by atoms with Gasteiger partial charge in [0, 0.05) is 22.7 Å². The van der Waals surface area contributed by atoms with E-state index in [0.717, 1.165) is 16.7 Å². The Bertz CT molecular complexity index is 1260. The Morgan fingerprint density at radius 2 is 1.88 bits per heavy atom. The van der Waals surface area contributed by atoms with Gasteiger partial charge in [0.1, 0.15) is 6.04 Å². The largest absolute Gasteiger partial charge is 0.417 e. The van der Waals surface area contributed by atoms with E-state index < -0.39 is 46.8 Å². The molecule has 3 rings (SSSR count). The molecule has 0 aliphatic rings. The van der Waals surface area contributed by atoms with Gasteiger partial charge in [-0.1, -0.05) is 23.7 Å². The minimum absolute atomic E-state index is 0.106. The molecule has 2 amide bonds. The average molecular weight is 468 g/mol. The molecule has 168 valence electrons. The summed E-state index contributed by atoms with van der Waals surface area (Å²) in [5, 5.41) is 12.0. The van der Waals surface area contributed by atoms with Crippen molar-refractivity contribution in [3.8, 4) is 0 Å². The molecule has 3 aromatic rings. The molecule has 1 atom stereocenters. The molecule has 0 aliphatic heterocycles. The summed E-state index contributed by atoms with van der Waals surface area (Å²) in [7, 11) is 0. The lowest BCUT2D eigenvalue weighted by Gasteiger charge is -2.16. The highest BCUT2D eigenvalue weighted by Gasteiger charge is 2.33. The maximum absolute atomic E-state index is 13.0. The van der Waals surface area contributed by atoms with Crippen molar-refractivity contribution in [1.29, 1.82) is 0 Å². The van der Waals surface area contributed by atoms with Crippen LogP contribution in [0.3, 0.4) is 0 Å². The number of benzene rings is 2. The van der Waals surface area contributed by atoms with Crippen LogP contribution >= 0.6 is 11.6 Å². The van der Waals surface area contributed by atoms with E-state index in [1.54, 1.807) is 0 Å². The fourth-order valence-electron chi connectivity index (χ4n) is 3.24. The van der Waals surface area contributed by atoms with Crippen LogP contribution in [0.1, 0.15) is 17.2 Å². The van der Waals surface area contributed by atoms with Gasteiger partial charge in [-0.25, -0.2) is 0 Å². The monoisotopic (exact) mass is 467 g/mol. The molecule has 0 saturated heterocycles. The van der Waals surface area contributed by atoms with E-state index in [1.165, 1.54) is 36.5 Å². The second kappa shape index (κ2) is 9.01. The Morgan fingerprint density at radius 1 is 1.16 bits per heavy atom. The molecule has 0 fully saturated rings. The molecule has 0 unspecified atom stereocenters. The van der Waals surface area contributed by atoms with Gasteiger partial charge in [-0.2, -0.15) is 13.2 Å². The number of halogens is 4. The van der Waals surface area contributed by atoms with Crippen molar-refractivity contribution in [3.05, 3.63) is 75.2 Å². The average Bonchev–Trinajstić information content (AvgIpc) is 2.71. The maximum Gasteiger partial charge on any atom is 0.417 e. The third-order valence-corrected chi connectivity index (χ3v) is 5.11. The molecule has 0 aliphatic carbocycles. The van der Waals surface area contributed by atoms with Crippen molar-refractivity contribution < 1.29 is 27.9 Å². The van der Waals surface area contributed by atoms with E-state index >= 15 is 0 Å². The molecular weight excluding hydrogens is 451 g/mol. The number of amides is 2. The van der Waals surface area contributed by atoms with Crippen LogP contribution in [-0.4, -0.2) is 28.1 Å². The summed E-state index contributed by atoms with van der Waals surface area (Å²) in [6.07, 6.45) is -3.75. The Labute approximate surface area is 184 Å². The highest BCUT2D eigenvalue weighted by molar-refractivity contribution is 6.31. The molecule has 1 aromatic heterocycles. The third-order valence-electron chi connectivity index (χ3n) is 4.78. The number of hydrogen-bond donors (Lipinski definition) is 3. The Hall–Kier alpha value is -3.37. The molecule has 1 heterocycles. The summed E-state index contributed by atoms with van der Waals surface area (Å²) >= 11 is 5.60. The van der Waals surface area contributed by atoms with Crippen molar-refractivity contribution in [2.75, 3.05) is 11.9 Å². The summed E-state index contributed by atoms with van der Waals surface area (Å²) in [6.45, 7) is -0.668. The van der Waals surface area contributed by atoms with Crippen molar-refractivity contribution in [2.45, 2.75) is 18.6 Å². The van der Waals surface area contributed by atoms with Crippen LogP contribution in [0.15, 0.2) is 53.5 Å². The number of aliphatic hydroxyl groups excluding tert-OH is 1. The number of aliphatic hydroxyl groups is 1. The first-order valence-electron chi connectivity index (χ1n) is 9.22. The Morgan fingerprint density at radius 3 is 2.50 bits per heavy atom. The van der Waals surface area contributed by atoms with E-state index in [4.69, 9.17) is 17.3 Å². The Kier molecular flexibility index (Phi) is 6.56. The lowest BCUT2D eigenvalue weighted by atomic mass is 10.1. The zero-order valence-corrected chi connectivity index (χ0v) is 17.1. The molecule has 2 aromatic carbocycles. The SMILES string of the molecule is NC(=O)[C@H](CO)n1ccc2c(NC(=O)Cc3ccc(Cl)c(C(F)(F)F)c3)cccc2c1=O. The van der Waals surface area contributed by atoms with Crippen molar-refractivity contribution in [1.82, 2.24) is 4.57 Å². The highest BCUT2D eigenvalue weighted by Crippen LogP contribution is 2.35. The number of hydrogen-bond acceptors (Lipinski definition) is 4. The Balaban J connectivity index is 1.90. The number of aromatic nitrogens is 1. The number of carbonyl (C=O) groups excluding carboxylic acids is 2. The molecule has 0 spiro atoms. The summed E-state index contributed by atoms with van der Waals surface area (Å²) in [4.78, 5) is 36.7. The fourth-order valence-corrected chi connectivity index (χ4v) is 3.47. The normalized spacial score (nSPS) is 12.5. The third kappa shape index (κ3) is 4.76. The van der Waals surface area contributed by atoms with Gasteiger partial charge < -0.3 is 20.7 Å². The quantitative estimate of drug-likeness (QED) is 0.517. The topological polar surface area (TPSA) is 114 Å². The van der Waals surface area contributed by atoms with Crippen LogP contribution in [0.25, 0.3) is 10.8 Å². The molecule has 32 heavy (non-hydrogen) atoms. The van der Waals surface area contributed by atoms with Crippen molar-refractivity contribution in [3.63, 3.8) is 0 Å². The highest BCUT2D eigenvalue weighted by atomic mass is 35.5. The number of alkyl halides is 3. The fraction of sp³-hybridized carbons (Fsp3) is 0.190. The summed E-state index contributed by atoms with van der Waals surface area (Å²) in [5.41, 5.74) is 3.92. The summed E-state index contributed by atoms with van der Waals surface area (Å²) in [5.74, 6) is -1.50. The lowest BCUT2D eigenvalue weighted by Crippen LogP contribution is -2.35. The van der Waals surface area contributed by atoms with Crippen LogP contribution in [0.5, 0.6) is 0 Å². The van der Waals surface area contributed by atoms with Gasteiger partial charge in [0.15, 0.2) is 0 Å². The van der Waals surface area contributed by atoms with Gasteiger partial charge in [-0.05, 0) is 35.9 Å². The van der Waals surface area contributed by atoms with E-state index in [1.807, 2.05) is 0 Å². The first-order valence-corrected chi connectivity index (χ1v) is 9.60. The second-order valence-corrected chi connectivity index (χ2v) is 7.34. The number of nitrogens with one attached hydrogen (secondary N) is 1. The van der Waals surface area contributed by atoms with Gasteiger partial charge >= 0.3 is 6.18 Å². The molecule has 4 N–H and O–H groups in total. The predicted octanol–water partition coefficient (Wildman–Crippen LogP) is 2.87. The standard InChI is InChI=1S/C21H17ClF3N3O4/c22-15-5-4-11(8-14(15)21(23,24)25)9-18(30)27-16-3-1-2-13-12(16)6-7-28(20(13)32)17(10-29)19(26)31/h1-8,17,29H,9-10H2,(H2,26,31)(H,27,30)/t17-/m0/s1. The van der Waals surface area contributed by atoms with Crippen LogP contribution in [0, 0.1) is 0 Å². The van der Waals surface area contributed by atoms with Gasteiger partial charge in [0.05, 0.1) is 23.6 Å². The molecule has 0 saturated carbocycles. The number of anilines is 1. The molecule has 7 nitrogen and oxygen atoms in total. The van der Waals surface area contributed by atoms with E-state index in [2.05, 4.69) is 5.32 Å². The maximum atomic E-state index is 13.0. The lowest BCUT2D eigenvalue weighted by molar-refractivity contribution is -0.137. The minimum atomic E-state index is -4.66. The van der Waals surface area contributed by atoms with E-state index in [9.17, 15) is 32.7 Å². The van der Waals surface area contributed by atoms with Crippen LogP contribution in [-0.2, 0) is 22.2 Å². The van der Waals surface area contributed by atoms with E-state index in [-0.39, 0.29) is 23.1 Å². The van der Waals surface area contributed by atoms with Crippen LogP contribution in [0.4, 0.5) is 18.9 Å². The number of rotatable bonds is 6. The number of carbonyl (C=O) groups is 2. The molecule has 0 radical (unpaired) electrons. The number of pyridine rings is 1. The van der Waals surface area contributed by atoms with Crippen molar-refractivity contribution in [2.24, 2.45) is 5.73 Å². The minimum Gasteiger partial charge on any atom is -0.394 e. The molecular formula is C21H17ClF3N3O4. The summed E-state index contributed by atoms with van der Waals surface area (Å²) < 4.78 is 40.1. The van der Waals surface area contributed by atoms with Crippen LogP contribution in [0.2, 0.25) is 5.02 Å². The van der Waals surface area contributed by atoms with Gasteiger partial charge in [-0.15, -0.1) is 0 Å². The number of nitrogens with zero attached hydrogens (tertiary/aromatic N) is 1. The summed E-state index contributed by atoms with van der Waals surface area (Å²) in [6, 6.07) is 7.88. The second-order valence-electron chi connectivity index (χ2n) is 6.93. The molecule has 11 heteroatoms. The van der Waals surface area contributed by atoms with E-state index in [0.29, 0.717) is 5.39 Å². The van der Waals surface area contributed by atoms with Crippen molar-refractivity contribution >= 4 is 39.9 Å². The first kappa shape index (κ1) is 23.3.